The van der Waals surface area contributed by atoms with Gasteiger partial charge < -0.3 is 10.1 Å². The van der Waals surface area contributed by atoms with Gasteiger partial charge in [0.25, 0.3) is 0 Å². The van der Waals surface area contributed by atoms with Crippen molar-refractivity contribution >= 4 is 0 Å². The Hall–Kier alpha value is -1.02. The summed E-state index contributed by atoms with van der Waals surface area (Å²) < 4.78 is 5.78. The Kier molecular flexibility index (Phi) is 4.87. The predicted molar refractivity (Wildman–Crippen MR) is 80.8 cm³/mol. The van der Waals surface area contributed by atoms with Crippen molar-refractivity contribution in [3.63, 3.8) is 0 Å². The topological polar surface area (TPSA) is 21.3 Å². The van der Waals surface area contributed by atoms with Gasteiger partial charge in [-0.1, -0.05) is 33.8 Å². The molecule has 1 N–H and O–H groups in total. The third-order valence-corrected chi connectivity index (χ3v) is 4.29. The Morgan fingerprint density at radius 3 is 2.58 bits per heavy atom. The first-order valence-electron chi connectivity index (χ1n) is 7.69. The number of benzene rings is 1. The quantitative estimate of drug-likeness (QED) is 0.825. The molecule has 0 saturated carbocycles. The van der Waals surface area contributed by atoms with Gasteiger partial charge in [0, 0.05) is 6.04 Å². The van der Waals surface area contributed by atoms with Crippen LogP contribution in [-0.2, 0) is 0 Å². The molecule has 1 aliphatic rings. The van der Waals surface area contributed by atoms with Crippen LogP contribution in [0.4, 0.5) is 0 Å². The molecule has 0 radical (unpaired) electrons. The second-order valence-electron chi connectivity index (χ2n) is 5.72. The van der Waals surface area contributed by atoms with Gasteiger partial charge in [0.15, 0.2) is 0 Å². The van der Waals surface area contributed by atoms with Crippen molar-refractivity contribution in [1.29, 1.82) is 0 Å². The average molecular weight is 261 g/mol. The van der Waals surface area contributed by atoms with Gasteiger partial charge in [-0.3, -0.25) is 0 Å². The van der Waals surface area contributed by atoms with Gasteiger partial charge in [-0.15, -0.1) is 0 Å². The van der Waals surface area contributed by atoms with Crippen molar-refractivity contribution in [2.24, 2.45) is 5.92 Å². The number of hydrogen-bond donors (Lipinski definition) is 1. The van der Waals surface area contributed by atoms with E-state index in [0.717, 1.165) is 25.3 Å². The first-order valence-corrected chi connectivity index (χ1v) is 7.69. The summed E-state index contributed by atoms with van der Waals surface area (Å²) in [6.45, 7) is 10.9. The van der Waals surface area contributed by atoms with Crippen LogP contribution in [0.2, 0.25) is 0 Å². The molecule has 106 valence electrons. The fourth-order valence-corrected chi connectivity index (χ4v) is 3.00. The van der Waals surface area contributed by atoms with Crippen LogP contribution in [0, 0.1) is 5.92 Å². The molecule has 19 heavy (non-hydrogen) atoms. The van der Waals surface area contributed by atoms with Crippen molar-refractivity contribution < 1.29 is 4.74 Å². The van der Waals surface area contributed by atoms with Gasteiger partial charge in [0.05, 0.1) is 6.61 Å². The summed E-state index contributed by atoms with van der Waals surface area (Å²) >= 11 is 0. The first-order chi connectivity index (χ1) is 9.19. The predicted octanol–water partition coefficient (Wildman–Crippen LogP) is 4.27. The summed E-state index contributed by atoms with van der Waals surface area (Å²) in [5.41, 5.74) is 2.94. The van der Waals surface area contributed by atoms with E-state index in [4.69, 9.17) is 4.74 Å². The molecule has 0 bridgehead atoms. The normalized spacial score (nSPS) is 25.4. The van der Waals surface area contributed by atoms with Crippen molar-refractivity contribution in [1.82, 2.24) is 5.32 Å². The Labute approximate surface area is 117 Å². The minimum Gasteiger partial charge on any atom is -0.494 e. The van der Waals surface area contributed by atoms with E-state index in [2.05, 4.69) is 51.2 Å². The second-order valence-corrected chi connectivity index (χ2v) is 5.72. The molecule has 2 heteroatoms. The number of rotatable bonds is 6. The van der Waals surface area contributed by atoms with Gasteiger partial charge in [0.2, 0.25) is 0 Å². The second kappa shape index (κ2) is 6.42. The van der Waals surface area contributed by atoms with Gasteiger partial charge in [-0.2, -0.15) is 0 Å². The van der Waals surface area contributed by atoms with Crippen LogP contribution in [0.15, 0.2) is 18.2 Å². The molecule has 0 amide bonds. The molecule has 2 rings (SSSR count). The van der Waals surface area contributed by atoms with Crippen molar-refractivity contribution in [3.05, 3.63) is 29.3 Å². The molecule has 2 nitrogen and oxygen atoms in total. The molecular formula is C17H27NO. The third kappa shape index (κ3) is 2.94. The van der Waals surface area contributed by atoms with Crippen LogP contribution in [0.5, 0.6) is 5.75 Å². The Bertz CT molecular complexity index is 416. The maximum absolute atomic E-state index is 5.78. The monoisotopic (exact) mass is 261 g/mol. The first kappa shape index (κ1) is 14.4. The Morgan fingerprint density at radius 2 is 1.89 bits per heavy atom. The number of nitrogens with one attached hydrogen (secondary N) is 1. The summed E-state index contributed by atoms with van der Waals surface area (Å²) in [6.07, 6.45) is 2.24. The van der Waals surface area contributed by atoms with Crippen LogP contribution in [0.3, 0.4) is 0 Å². The van der Waals surface area contributed by atoms with E-state index in [-0.39, 0.29) is 0 Å². The van der Waals surface area contributed by atoms with Crippen LogP contribution >= 0.6 is 0 Å². The van der Waals surface area contributed by atoms with Crippen LogP contribution in [0.25, 0.3) is 0 Å². The molecular weight excluding hydrogens is 234 g/mol. The Balaban J connectivity index is 2.22. The van der Waals surface area contributed by atoms with Crippen LogP contribution in [-0.4, -0.2) is 13.2 Å². The zero-order valence-corrected chi connectivity index (χ0v) is 12.7. The van der Waals surface area contributed by atoms with Gasteiger partial charge in [0.1, 0.15) is 5.75 Å². The molecule has 0 aliphatic heterocycles. The molecule has 0 fully saturated rings. The molecule has 0 saturated heterocycles. The average Bonchev–Trinajstić information content (AvgIpc) is 2.66. The zero-order chi connectivity index (χ0) is 13.8. The van der Waals surface area contributed by atoms with E-state index in [0.29, 0.717) is 17.9 Å². The van der Waals surface area contributed by atoms with Gasteiger partial charge in [-0.25, -0.2) is 0 Å². The van der Waals surface area contributed by atoms with Gasteiger partial charge in [-0.05, 0) is 54.5 Å². The molecule has 0 heterocycles. The van der Waals surface area contributed by atoms with Crippen molar-refractivity contribution in [3.8, 4) is 5.75 Å². The lowest BCUT2D eigenvalue weighted by atomic mass is 9.94. The van der Waals surface area contributed by atoms with Crippen molar-refractivity contribution in [2.45, 2.75) is 52.5 Å². The maximum atomic E-state index is 5.78. The largest absolute Gasteiger partial charge is 0.494 e. The highest BCUT2D eigenvalue weighted by Gasteiger charge is 2.34. The minimum atomic E-state index is 0.482. The van der Waals surface area contributed by atoms with Crippen molar-refractivity contribution in [2.75, 3.05) is 13.2 Å². The summed E-state index contributed by atoms with van der Waals surface area (Å²) in [5, 5.41) is 3.70. The lowest BCUT2D eigenvalue weighted by Gasteiger charge is -2.20. The zero-order valence-electron chi connectivity index (χ0n) is 12.7. The van der Waals surface area contributed by atoms with Crippen LogP contribution in [0.1, 0.15) is 63.6 Å². The lowest BCUT2D eigenvalue weighted by Crippen LogP contribution is -2.25. The highest BCUT2D eigenvalue weighted by Crippen LogP contribution is 2.45. The summed E-state index contributed by atoms with van der Waals surface area (Å²) in [7, 11) is 0. The third-order valence-electron chi connectivity index (χ3n) is 4.29. The highest BCUT2D eigenvalue weighted by molar-refractivity contribution is 5.44. The minimum absolute atomic E-state index is 0.482. The van der Waals surface area contributed by atoms with E-state index in [1.165, 1.54) is 17.5 Å². The standard InChI is InChI=1S/C17H27NO/c1-5-9-18-17-13(4)12(3)15-8-7-14(11-16(15)17)19-10-6-2/h7-8,11-13,17-18H,5-6,9-10H2,1-4H3. The van der Waals surface area contributed by atoms with E-state index in [9.17, 15) is 0 Å². The fraction of sp³-hybridized carbons (Fsp3) is 0.647. The van der Waals surface area contributed by atoms with E-state index in [1.54, 1.807) is 0 Å². The molecule has 0 aromatic heterocycles. The number of fused-ring (bicyclic) bond motifs is 1. The summed E-state index contributed by atoms with van der Waals surface area (Å²) in [4.78, 5) is 0. The van der Waals surface area contributed by atoms with Crippen LogP contribution < -0.4 is 10.1 Å². The summed E-state index contributed by atoms with van der Waals surface area (Å²) in [6, 6.07) is 7.11. The number of ether oxygens (including phenoxy) is 1. The van der Waals surface area contributed by atoms with E-state index in [1.807, 2.05) is 0 Å². The number of hydrogen-bond acceptors (Lipinski definition) is 2. The highest BCUT2D eigenvalue weighted by atomic mass is 16.5. The molecule has 3 unspecified atom stereocenters. The fourth-order valence-electron chi connectivity index (χ4n) is 3.00. The van der Waals surface area contributed by atoms with E-state index >= 15 is 0 Å². The lowest BCUT2D eigenvalue weighted by molar-refractivity contribution is 0.316. The SMILES string of the molecule is CCCNC1c2cc(OCCC)ccc2C(C)C1C. The maximum Gasteiger partial charge on any atom is 0.119 e. The smallest absolute Gasteiger partial charge is 0.119 e. The molecule has 1 aliphatic carbocycles. The van der Waals surface area contributed by atoms with E-state index < -0.39 is 0 Å². The molecule has 3 atom stereocenters. The molecule has 1 aromatic rings. The molecule has 0 spiro atoms. The molecule has 1 aromatic carbocycles. The summed E-state index contributed by atoms with van der Waals surface area (Å²) in [5.74, 6) is 2.30. The van der Waals surface area contributed by atoms with Gasteiger partial charge >= 0.3 is 0 Å². The Morgan fingerprint density at radius 1 is 1.11 bits per heavy atom.